The van der Waals surface area contributed by atoms with E-state index in [-0.39, 0.29) is 18.2 Å². The van der Waals surface area contributed by atoms with Gasteiger partial charge in [-0.3, -0.25) is 9.69 Å². The van der Waals surface area contributed by atoms with Crippen molar-refractivity contribution in [1.29, 1.82) is 0 Å². The second kappa shape index (κ2) is 6.84. The molecule has 2 rings (SSSR count). The zero-order valence-electron chi connectivity index (χ0n) is 11.4. The van der Waals surface area contributed by atoms with Crippen LogP contribution in [-0.4, -0.2) is 53.1 Å². The first-order chi connectivity index (χ1) is 9.92. The Morgan fingerprint density at radius 1 is 1.38 bits per heavy atom. The molecule has 116 valence electrons. The average Bonchev–Trinajstić information content (AvgIpc) is 2.83. The molecule has 0 saturated carbocycles. The second-order valence-corrected chi connectivity index (χ2v) is 5.23. The Morgan fingerprint density at radius 2 is 2.10 bits per heavy atom. The molecule has 1 aliphatic heterocycles. The van der Waals surface area contributed by atoms with Crippen LogP contribution in [0.1, 0.15) is 12.0 Å². The molecule has 1 aliphatic rings. The summed E-state index contributed by atoms with van der Waals surface area (Å²) in [6.45, 7) is 0.320. The Morgan fingerprint density at radius 3 is 2.76 bits per heavy atom. The largest absolute Gasteiger partial charge is 0.401 e. The maximum atomic E-state index is 12.3. The van der Waals surface area contributed by atoms with E-state index in [9.17, 15) is 18.0 Å². The molecule has 0 bridgehead atoms. The Kier molecular flexibility index (Phi) is 5.11. The van der Waals surface area contributed by atoms with E-state index in [1.54, 1.807) is 12.4 Å². The number of carbonyl (C=O) groups excluding carboxylic acids is 1. The first-order valence-corrected chi connectivity index (χ1v) is 6.72. The molecule has 0 spiro atoms. The fourth-order valence-corrected chi connectivity index (χ4v) is 2.40. The van der Waals surface area contributed by atoms with E-state index < -0.39 is 12.7 Å². The summed E-state index contributed by atoms with van der Waals surface area (Å²) in [4.78, 5) is 20.7. The zero-order valence-corrected chi connectivity index (χ0v) is 11.4. The quantitative estimate of drug-likeness (QED) is 0.882. The van der Waals surface area contributed by atoms with Gasteiger partial charge in [0.1, 0.15) is 6.33 Å². The van der Waals surface area contributed by atoms with Gasteiger partial charge in [0.15, 0.2) is 0 Å². The number of carbonyl (C=O) groups is 1. The molecule has 1 amide bonds. The van der Waals surface area contributed by atoms with Crippen molar-refractivity contribution in [3.8, 4) is 0 Å². The molecule has 1 aromatic rings. The normalized spacial score (nSPS) is 19.7. The summed E-state index contributed by atoms with van der Waals surface area (Å²) in [5.74, 6) is -0.0950. The molecule has 8 heteroatoms. The minimum atomic E-state index is -4.16. The second-order valence-electron chi connectivity index (χ2n) is 5.23. The number of rotatable bonds is 5. The van der Waals surface area contributed by atoms with Crippen molar-refractivity contribution in [1.82, 2.24) is 20.2 Å². The number of hydrogen-bond acceptors (Lipinski definition) is 4. The van der Waals surface area contributed by atoms with E-state index in [2.05, 4.69) is 15.3 Å². The molecule has 1 atom stereocenters. The lowest BCUT2D eigenvalue weighted by Crippen LogP contribution is -2.35. The van der Waals surface area contributed by atoms with Gasteiger partial charge in [0, 0.05) is 25.5 Å². The van der Waals surface area contributed by atoms with Crippen LogP contribution in [0, 0.1) is 5.92 Å². The topological polar surface area (TPSA) is 58.1 Å². The number of hydrogen-bond donors (Lipinski definition) is 1. The van der Waals surface area contributed by atoms with Gasteiger partial charge in [-0.05, 0) is 24.4 Å². The molecule has 1 N–H and O–H groups in total. The van der Waals surface area contributed by atoms with Gasteiger partial charge < -0.3 is 5.32 Å². The maximum absolute atomic E-state index is 12.3. The van der Waals surface area contributed by atoms with E-state index in [0.29, 0.717) is 31.6 Å². The SMILES string of the molecule is O=C(Cc1cncnc1)NCC1CCN(CC(F)(F)F)C1. The Bertz CT molecular complexity index is 466. The van der Waals surface area contributed by atoms with Crippen molar-refractivity contribution in [3.63, 3.8) is 0 Å². The van der Waals surface area contributed by atoms with Crippen LogP contribution < -0.4 is 5.32 Å². The molecule has 1 unspecified atom stereocenters. The van der Waals surface area contributed by atoms with E-state index in [0.717, 1.165) is 0 Å². The molecule has 0 aliphatic carbocycles. The number of nitrogens with zero attached hydrogens (tertiary/aromatic N) is 3. The average molecular weight is 302 g/mol. The smallest absolute Gasteiger partial charge is 0.355 e. The van der Waals surface area contributed by atoms with Gasteiger partial charge in [-0.1, -0.05) is 0 Å². The Labute approximate surface area is 120 Å². The van der Waals surface area contributed by atoms with Crippen molar-refractivity contribution in [3.05, 3.63) is 24.3 Å². The van der Waals surface area contributed by atoms with Gasteiger partial charge in [0.2, 0.25) is 5.91 Å². The molecule has 0 radical (unpaired) electrons. The third kappa shape index (κ3) is 5.66. The van der Waals surface area contributed by atoms with Crippen LogP contribution in [0.2, 0.25) is 0 Å². The number of nitrogens with one attached hydrogen (secondary N) is 1. The summed E-state index contributed by atoms with van der Waals surface area (Å²) in [7, 11) is 0. The van der Waals surface area contributed by atoms with Crippen LogP contribution in [0.4, 0.5) is 13.2 Å². The minimum absolute atomic E-state index is 0.0725. The van der Waals surface area contributed by atoms with Gasteiger partial charge in [-0.2, -0.15) is 13.2 Å². The summed E-state index contributed by atoms with van der Waals surface area (Å²) in [6, 6.07) is 0. The molecule has 1 saturated heterocycles. The fourth-order valence-electron chi connectivity index (χ4n) is 2.40. The van der Waals surface area contributed by atoms with Crippen LogP contribution in [-0.2, 0) is 11.2 Å². The number of likely N-dealkylation sites (tertiary alicyclic amines) is 1. The summed E-state index contributed by atoms with van der Waals surface area (Å²) < 4.78 is 36.8. The predicted molar refractivity (Wildman–Crippen MR) is 69.3 cm³/mol. The van der Waals surface area contributed by atoms with E-state index in [1.165, 1.54) is 11.2 Å². The molecule has 5 nitrogen and oxygen atoms in total. The highest BCUT2D eigenvalue weighted by atomic mass is 19.4. The third-order valence-electron chi connectivity index (χ3n) is 3.34. The highest BCUT2D eigenvalue weighted by molar-refractivity contribution is 5.78. The highest BCUT2D eigenvalue weighted by Gasteiger charge is 2.34. The van der Waals surface area contributed by atoms with Gasteiger partial charge in [0.25, 0.3) is 0 Å². The standard InChI is InChI=1S/C13H17F3N4O/c14-13(15,16)8-20-2-1-10(7-20)6-19-12(21)3-11-4-17-9-18-5-11/h4-5,9-10H,1-3,6-8H2,(H,19,21). The van der Waals surface area contributed by atoms with Crippen LogP contribution in [0.25, 0.3) is 0 Å². The number of halogens is 3. The molecular weight excluding hydrogens is 285 g/mol. The lowest BCUT2D eigenvalue weighted by Gasteiger charge is -2.18. The summed E-state index contributed by atoms with van der Waals surface area (Å²) in [6.07, 6.45) is 1.20. The van der Waals surface area contributed by atoms with Crippen molar-refractivity contribution >= 4 is 5.91 Å². The van der Waals surface area contributed by atoms with Crippen molar-refractivity contribution in [2.75, 3.05) is 26.2 Å². The number of alkyl halides is 3. The highest BCUT2D eigenvalue weighted by Crippen LogP contribution is 2.22. The molecule has 0 aromatic carbocycles. The summed E-state index contributed by atoms with van der Waals surface area (Å²) in [5.41, 5.74) is 0.708. The Balaban J connectivity index is 1.68. The van der Waals surface area contributed by atoms with Crippen LogP contribution in [0.15, 0.2) is 18.7 Å². The summed E-state index contributed by atoms with van der Waals surface area (Å²) in [5, 5.41) is 2.75. The van der Waals surface area contributed by atoms with Crippen LogP contribution in [0.3, 0.4) is 0 Å². The fraction of sp³-hybridized carbons (Fsp3) is 0.615. The first kappa shape index (κ1) is 15.7. The van der Waals surface area contributed by atoms with Gasteiger partial charge in [-0.15, -0.1) is 0 Å². The molecule has 1 aromatic heterocycles. The number of aromatic nitrogens is 2. The molecule has 2 heterocycles. The zero-order chi connectivity index (χ0) is 15.3. The Hall–Kier alpha value is -1.70. The molecular formula is C13H17F3N4O. The lowest BCUT2D eigenvalue weighted by atomic mass is 10.1. The van der Waals surface area contributed by atoms with Crippen molar-refractivity contribution in [2.24, 2.45) is 5.92 Å². The van der Waals surface area contributed by atoms with Gasteiger partial charge in [-0.25, -0.2) is 9.97 Å². The van der Waals surface area contributed by atoms with Crippen molar-refractivity contribution in [2.45, 2.75) is 19.0 Å². The van der Waals surface area contributed by atoms with Crippen molar-refractivity contribution < 1.29 is 18.0 Å². The number of amides is 1. The van der Waals surface area contributed by atoms with Gasteiger partial charge in [0.05, 0.1) is 13.0 Å². The summed E-state index contributed by atoms with van der Waals surface area (Å²) >= 11 is 0. The minimum Gasteiger partial charge on any atom is -0.355 e. The van der Waals surface area contributed by atoms with Crippen LogP contribution >= 0.6 is 0 Å². The van der Waals surface area contributed by atoms with E-state index in [4.69, 9.17) is 0 Å². The van der Waals surface area contributed by atoms with E-state index >= 15 is 0 Å². The predicted octanol–water partition coefficient (Wildman–Crippen LogP) is 1.02. The van der Waals surface area contributed by atoms with E-state index in [1.807, 2.05) is 0 Å². The van der Waals surface area contributed by atoms with Gasteiger partial charge >= 0.3 is 6.18 Å². The lowest BCUT2D eigenvalue weighted by molar-refractivity contribution is -0.143. The van der Waals surface area contributed by atoms with Crippen LogP contribution in [0.5, 0.6) is 0 Å². The third-order valence-corrected chi connectivity index (χ3v) is 3.34. The first-order valence-electron chi connectivity index (χ1n) is 6.72. The molecule has 21 heavy (non-hydrogen) atoms. The molecule has 1 fully saturated rings. The maximum Gasteiger partial charge on any atom is 0.401 e. The monoisotopic (exact) mass is 302 g/mol.